The molecule has 0 heterocycles. The summed E-state index contributed by atoms with van der Waals surface area (Å²) < 4.78 is 0. The molecule has 0 atom stereocenters. The Balaban J connectivity index is 3.01. The minimum absolute atomic E-state index is 0.131. The van der Waals surface area contributed by atoms with Crippen molar-refractivity contribution < 1.29 is 0 Å². The van der Waals surface area contributed by atoms with Crippen molar-refractivity contribution in [2.24, 2.45) is 5.73 Å². The maximum Gasteiger partial charge on any atom is 0.114 e. The average Bonchev–Trinajstić information content (AvgIpc) is 2.15. The number of nitrogens with two attached hydrogens (primary N) is 1. The highest BCUT2D eigenvalue weighted by Crippen LogP contribution is 2.05. The van der Waals surface area contributed by atoms with Crippen molar-refractivity contribution in [2.45, 2.75) is 0 Å². The van der Waals surface area contributed by atoms with E-state index < -0.39 is 0 Å². The quantitative estimate of drug-likeness (QED) is 0.438. The topological polar surface area (TPSA) is 49.8 Å². The highest BCUT2D eigenvalue weighted by atomic mass is 32.1. The van der Waals surface area contributed by atoms with Crippen LogP contribution in [0.25, 0.3) is 6.08 Å². The van der Waals surface area contributed by atoms with Gasteiger partial charge in [0.15, 0.2) is 0 Å². The van der Waals surface area contributed by atoms with Crippen molar-refractivity contribution in [1.29, 1.82) is 5.26 Å². The van der Waals surface area contributed by atoms with E-state index in [4.69, 9.17) is 23.2 Å². The van der Waals surface area contributed by atoms with E-state index in [0.29, 0.717) is 5.57 Å². The monoisotopic (exact) mass is 188 g/mol. The van der Waals surface area contributed by atoms with Crippen LogP contribution in [0.3, 0.4) is 0 Å². The van der Waals surface area contributed by atoms with E-state index in [1.807, 2.05) is 36.4 Å². The smallest absolute Gasteiger partial charge is 0.114 e. The number of rotatable bonds is 2. The van der Waals surface area contributed by atoms with E-state index in [2.05, 4.69) is 0 Å². The second-order valence-corrected chi connectivity index (χ2v) is 2.88. The molecule has 0 fully saturated rings. The summed E-state index contributed by atoms with van der Waals surface area (Å²) in [7, 11) is 0. The summed E-state index contributed by atoms with van der Waals surface area (Å²) >= 11 is 4.70. The molecule has 0 radical (unpaired) electrons. The lowest BCUT2D eigenvalue weighted by Gasteiger charge is -1.94. The van der Waals surface area contributed by atoms with E-state index in [0.717, 1.165) is 5.56 Å². The van der Waals surface area contributed by atoms with Crippen LogP contribution in [0.4, 0.5) is 0 Å². The molecule has 1 aromatic carbocycles. The fourth-order valence-electron chi connectivity index (χ4n) is 0.874. The van der Waals surface area contributed by atoms with Gasteiger partial charge in [0.2, 0.25) is 0 Å². The normalized spacial score (nSPS) is 10.5. The molecule has 3 heteroatoms. The number of nitriles is 1. The van der Waals surface area contributed by atoms with Crippen molar-refractivity contribution in [2.75, 3.05) is 0 Å². The molecule has 0 saturated carbocycles. The fraction of sp³-hybridized carbons (Fsp3) is 0. The number of benzene rings is 1. The van der Waals surface area contributed by atoms with Crippen LogP contribution in [0.1, 0.15) is 5.56 Å². The lowest BCUT2D eigenvalue weighted by atomic mass is 10.1. The zero-order valence-electron chi connectivity index (χ0n) is 6.90. The molecule has 0 saturated heterocycles. The van der Waals surface area contributed by atoms with E-state index in [1.165, 1.54) is 0 Å². The zero-order chi connectivity index (χ0) is 9.68. The number of hydrogen-bond acceptors (Lipinski definition) is 2. The first-order valence-corrected chi connectivity index (χ1v) is 4.11. The van der Waals surface area contributed by atoms with Gasteiger partial charge in [-0.25, -0.2) is 0 Å². The van der Waals surface area contributed by atoms with Crippen LogP contribution in [0, 0.1) is 11.3 Å². The molecule has 0 aliphatic heterocycles. The van der Waals surface area contributed by atoms with Gasteiger partial charge in [-0.3, -0.25) is 0 Å². The van der Waals surface area contributed by atoms with E-state index in [-0.39, 0.29) is 4.99 Å². The third-order valence-electron chi connectivity index (χ3n) is 1.50. The Morgan fingerprint density at radius 1 is 1.38 bits per heavy atom. The van der Waals surface area contributed by atoms with Crippen LogP contribution >= 0.6 is 12.2 Å². The summed E-state index contributed by atoms with van der Waals surface area (Å²) in [6.07, 6.45) is 1.67. The summed E-state index contributed by atoms with van der Waals surface area (Å²) in [4.78, 5) is 0.131. The Morgan fingerprint density at radius 3 is 2.46 bits per heavy atom. The van der Waals surface area contributed by atoms with Crippen LogP contribution in [0.5, 0.6) is 0 Å². The maximum absolute atomic E-state index is 8.67. The van der Waals surface area contributed by atoms with E-state index in [1.54, 1.807) is 6.08 Å². The third kappa shape index (κ3) is 2.69. The molecule has 2 nitrogen and oxygen atoms in total. The molecule has 0 aromatic heterocycles. The van der Waals surface area contributed by atoms with Gasteiger partial charge in [-0.2, -0.15) is 5.26 Å². The molecule has 2 N–H and O–H groups in total. The number of thiocarbonyl (C=S) groups is 1. The van der Waals surface area contributed by atoms with E-state index in [9.17, 15) is 0 Å². The second-order valence-electron chi connectivity index (χ2n) is 2.44. The molecule has 0 aliphatic rings. The highest BCUT2D eigenvalue weighted by molar-refractivity contribution is 7.80. The first kappa shape index (κ1) is 9.43. The molecule has 13 heavy (non-hydrogen) atoms. The van der Waals surface area contributed by atoms with Crippen molar-refractivity contribution in [3.63, 3.8) is 0 Å². The van der Waals surface area contributed by atoms with Crippen LogP contribution in [0.15, 0.2) is 35.9 Å². The molecule has 0 aliphatic carbocycles. The Kier molecular flexibility index (Phi) is 3.18. The molecule has 1 aromatic rings. The molecular formula is C10H8N2S. The largest absolute Gasteiger partial charge is 0.389 e. The van der Waals surface area contributed by atoms with Gasteiger partial charge in [-0.05, 0) is 11.6 Å². The van der Waals surface area contributed by atoms with E-state index >= 15 is 0 Å². The molecule has 0 unspecified atom stereocenters. The highest BCUT2D eigenvalue weighted by Gasteiger charge is 1.97. The standard InChI is InChI=1S/C10H8N2S/c11-7-9(10(12)13)6-8-4-2-1-3-5-8/h1-6H,(H2,12,13)/b9-6-. The van der Waals surface area contributed by atoms with Crippen LogP contribution in [-0.2, 0) is 0 Å². The van der Waals surface area contributed by atoms with Gasteiger partial charge in [-0.15, -0.1) is 0 Å². The fourth-order valence-corrected chi connectivity index (χ4v) is 0.979. The molecular weight excluding hydrogens is 180 g/mol. The lowest BCUT2D eigenvalue weighted by Crippen LogP contribution is -2.09. The van der Waals surface area contributed by atoms with Crippen molar-refractivity contribution in [3.8, 4) is 6.07 Å². The average molecular weight is 188 g/mol. The zero-order valence-corrected chi connectivity index (χ0v) is 7.71. The number of hydrogen-bond donors (Lipinski definition) is 1. The number of nitrogens with zero attached hydrogens (tertiary/aromatic N) is 1. The third-order valence-corrected chi connectivity index (χ3v) is 1.72. The van der Waals surface area contributed by atoms with Gasteiger partial charge < -0.3 is 5.73 Å². The summed E-state index contributed by atoms with van der Waals surface area (Å²) in [6.45, 7) is 0. The lowest BCUT2D eigenvalue weighted by molar-refractivity contribution is 1.51. The first-order chi connectivity index (χ1) is 6.24. The SMILES string of the molecule is N#C/C(=C/c1ccccc1)C(N)=S. The summed E-state index contributed by atoms with van der Waals surface area (Å²) in [5.74, 6) is 0. The van der Waals surface area contributed by atoms with Gasteiger partial charge in [0, 0.05) is 0 Å². The predicted octanol–water partition coefficient (Wildman–Crippen LogP) is 1.88. The van der Waals surface area contributed by atoms with Crippen molar-refractivity contribution in [1.82, 2.24) is 0 Å². The minimum atomic E-state index is 0.131. The van der Waals surface area contributed by atoms with Gasteiger partial charge >= 0.3 is 0 Å². The second kappa shape index (κ2) is 4.39. The predicted molar refractivity (Wildman–Crippen MR) is 56.8 cm³/mol. The molecule has 64 valence electrons. The van der Waals surface area contributed by atoms with Gasteiger partial charge in [0.1, 0.15) is 11.1 Å². The van der Waals surface area contributed by atoms with Gasteiger partial charge in [0.05, 0.1) is 5.57 Å². The van der Waals surface area contributed by atoms with Crippen LogP contribution in [0.2, 0.25) is 0 Å². The minimum Gasteiger partial charge on any atom is -0.389 e. The maximum atomic E-state index is 8.67. The Bertz CT molecular complexity index is 374. The molecule has 0 amide bonds. The van der Waals surface area contributed by atoms with Gasteiger partial charge in [-0.1, -0.05) is 42.5 Å². The summed E-state index contributed by atoms with van der Waals surface area (Å²) in [6, 6.07) is 11.4. The Morgan fingerprint density at radius 2 is 2.00 bits per heavy atom. The van der Waals surface area contributed by atoms with Crippen LogP contribution in [-0.4, -0.2) is 4.99 Å². The Hall–Kier alpha value is -1.66. The van der Waals surface area contributed by atoms with Gasteiger partial charge in [0.25, 0.3) is 0 Å². The summed E-state index contributed by atoms with van der Waals surface area (Å²) in [5, 5.41) is 8.67. The van der Waals surface area contributed by atoms with Crippen molar-refractivity contribution in [3.05, 3.63) is 41.5 Å². The van der Waals surface area contributed by atoms with Crippen LogP contribution < -0.4 is 5.73 Å². The first-order valence-electron chi connectivity index (χ1n) is 3.70. The Labute approximate surface area is 82.3 Å². The van der Waals surface area contributed by atoms with Crippen molar-refractivity contribution >= 4 is 23.3 Å². The molecule has 1 rings (SSSR count). The molecule has 0 spiro atoms. The summed E-state index contributed by atoms with van der Waals surface area (Å²) in [5.41, 5.74) is 6.59. The molecule has 0 bridgehead atoms.